The van der Waals surface area contributed by atoms with Gasteiger partial charge in [0.1, 0.15) is 18.1 Å². The number of ether oxygens (including phenoxy) is 2. The first-order chi connectivity index (χ1) is 15.2. The Kier molecular flexibility index (Phi) is 8.43. The number of hydrazone groups is 1. The van der Waals surface area contributed by atoms with E-state index in [4.69, 9.17) is 9.47 Å². The van der Waals surface area contributed by atoms with Gasteiger partial charge in [-0.2, -0.15) is 5.10 Å². The Morgan fingerprint density at radius 3 is 2.58 bits per heavy atom. The second kappa shape index (κ2) is 11.7. The van der Waals surface area contributed by atoms with Crippen molar-refractivity contribution in [3.8, 4) is 11.5 Å². The van der Waals surface area contributed by atoms with Gasteiger partial charge in [-0.05, 0) is 47.9 Å². The first kappa shape index (κ1) is 22.3. The Morgan fingerprint density at radius 2 is 1.77 bits per heavy atom. The van der Waals surface area contributed by atoms with Gasteiger partial charge < -0.3 is 9.47 Å². The standard InChI is InChI=1S/C25H23BrN2O3/c1-2-8-20-10-3-5-13-23(20)31-18-25(29)28-27-16-21-11-4-6-14-24(21)30-17-19-9-7-12-22(26)15-19/h2-7,9-16H,1,8,17-18H2,(H,28,29)/b27-16+. The van der Waals surface area contributed by atoms with Crippen molar-refractivity contribution in [1.82, 2.24) is 5.43 Å². The Labute approximate surface area is 190 Å². The molecule has 3 aromatic rings. The molecule has 1 amide bonds. The monoisotopic (exact) mass is 478 g/mol. The van der Waals surface area contributed by atoms with Crippen LogP contribution >= 0.6 is 15.9 Å². The SMILES string of the molecule is C=CCc1ccccc1OCC(=O)N/N=C/c1ccccc1OCc1cccc(Br)c1. The fourth-order valence-electron chi connectivity index (χ4n) is 2.82. The summed E-state index contributed by atoms with van der Waals surface area (Å²) < 4.78 is 12.5. The van der Waals surface area contributed by atoms with Crippen LogP contribution in [0.4, 0.5) is 0 Å². The first-order valence-electron chi connectivity index (χ1n) is 9.75. The van der Waals surface area contributed by atoms with E-state index in [1.54, 1.807) is 12.3 Å². The number of nitrogens with one attached hydrogen (secondary N) is 1. The van der Waals surface area contributed by atoms with E-state index in [2.05, 4.69) is 33.0 Å². The number of para-hydroxylation sites is 2. The van der Waals surface area contributed by atoms with Crippen molar-refractivity contribution in [1.29, 1.82) is 0 Å². The molecule has 0 heterocycles. The van der Waals surface area contributed by atoms with Crippen molar-refractivity contribution in [2.24, 2.45) is 5.10 Å². The zero-order valence-electron chi connectivity index (χ0n) is 17.0. The molecule has 0 atom stereocenters. The summed E-state index contributed by atoms with van der Waals surface area (Å²) in [6, 6.07) is 23.0. The minimum absolute atomic E-state index is 0.132. The van der Waals surface area contributed by atoms with Crippen molar-refractivity contribution in [2.45, 2.75) is 13.0 Å². The van der Waals surface area contributed by atoms with Crippen LogP contribution in [0.5, 0.6) is 11.5 Å². The summed E-state index contributed by atoms with van der Waals surface area (Å²) in [6.45, 7) is 4.03. The molecule has 6 heteroatoms. The van der Waals surface area contributed by atoms with Gasteiger partial charge in [-0.15, -0.1) is 6.58 Å². The van der Waals surface area contributed by atoms with Gasteiger partial charge >= 0.3 is 0 Å². The van der Waals surface area contributed by atoms with Gasteiger partial charge in [0.2, 0.25) is 0 Å². The summed E-state index contributed by atoms with van der Waals surface area (Å²) in [4.78, 5) is 12.1. The molecule has 0 aliphatic carbocycles. The van der Waals surface area contributed by atoms with E-state index in [9.17, 15) is 4.79 Å². The van der Waals surface area contributed by atoms with Crippen molar-refractivity contribution in [3.63, 3.8) is 0 Å². The van der Waals surface area contributed by atoms with E-state index in [0.29, 0.717) is 24.5 Å². The normalized spacial score (nSPS) is 10.6. The van der Waals surface area contributed by atoms with E-state index in [1.165, 1.54) is 0 Å². The van der Waals surface area contributed by atoms with Crippen LogP contribution in [0, 0.1) is 0 Å². The van der Waals surface area contributed by atoms with Crippen LogP contribution in [0.2, 0.25) is 0 Å². The molecule has 0 aliphatic heterocycles. The Hall–Kier alpha value is -3.38. The third-order valence-corrected chi connectivity index (χ3v) is 4.78. The van der Waals surface area contributed by atoms with Crippen molar-refractivity contribution < 1.29 is 14.3 Å². The maximum atomic E-state index is 12.1. The lowest BCUT2D eigenvalue weighted by molar-refractivity contribution is -0.123. The highest BCUT2D eigenvalue weighted by atomic mass is 79.9. The van der Waals surface area contributed by atoms with Gasteiger partial charge in [-0.1, -0.05) is 64.5 Å². The molecule has 3 rings (SSSR count). The molecule has 0 unspecified atom stereocenters. The number of carbonyl (C=O) groups is 1. The quantitative estimate of drug-likeness (QED) is 0.244. The van der Waals surface area contributed by atoms with E-state index in [-0.39, 0.29) is 12.5 Å². The molecule has 31 heavy (non-hydrogen) atoms. The minimum atomic E-state index is -0.350. The third kappa shape index (κ3) is 7.12. The summed E-state index contributed by atoms with van der Waals surface area (Å²) in [5, 5.41) is 4.03. The minimum Gasteiger partial charge on any atom is -0.488 e. The average molecular weight is 479 g/mol. The van der Waals surface area contributed by atoms with Gasteiger partial charge in [0.05, 0.1) is 6.21 Å². The van der Waals surface area contributed by atoms with Crippen LogP contribution in [0.15, 0.2) is 95.0 Å². The third-order valence-electron chi connectivity index (χ3n) is 4.29. The van der Waals surface area contributed by atoms with Gasteiger partial charge in [0, 0.05) is 10.0 Å². The van der Waals surface area contributed by atoms with Crippen molar-refractivity contribution >= 4 is 28.1 Å². The molecule has 0 aliphatic rings. The fraction of sp³-hybridized carbons (Fsp3) is 0.120. The van der Waals surface area contributed by atoms with Gasteiger partial charge in [0.15, 0.2) is 6.61 Å². The molecule has 0 fully saturated rings. The average Bonchev–Trinajstić information content (AvgIpc) is 2.78. The molecular weight excluding hydrogens is 456 g/mol. The van der Waals surface area contributed by atoms with Crippen LogP contribution in [-0.2, 0) is 17.8 Å². The molecule has 0 bridgehead atoms. The molecule has 1 N–H and O–H groups in total. The van der Waals surface area contributed by atoms with Gasteiger partial charge in [-0.3, -0.25) is 4.79 Å². The van der Waals surface area contributed by atoms with Crippen LogP contribution in [0.3, 0.4) is 0 Å². The van der Waals surface area contributed by atoms with Crippen LogP contribution in [0.25, 0.3) is 0 Å². The number of hydrogen-bond acceptors (Lipinski definition) is 4. The van der Waals surface area contributed by atoms with Gasteiger partial charge in [-0.25, -0.2) is 5.43 Å². The highest BCUT2D eigenvalue weighted by Gasteiger charge is 2.06. The van der Waals surface area contributed by atoms with Crippen LogP contribution in [-0.4, -0.2) is 18.7 Å². The summed E-state index contributed by atoms with van der Waals surface area (Å²) >= 11 is 3.46. The number of benzene rings is 3. The van der Waals surface area contributed by atoms with E-state index in [0.717, 1.165) is 21.2 Å². The Balaban J connectivity index is 1.54. The maximum Gasteiger partial charge on any atom is 0.277 e. The second-order valence-corrected chi connectivity index (χ2v) is 7.55. The Bertz CT molecular complexity index is 1070. The number of carbonyl (C=O) groups excluding carboxylic acids is 1. The van der Waals surface area contributed by atoms with Gasteiger partial charge in [0.25, 0.3) is 5.91 Å². The summed E-state index contributed by atoms with van der Waals surface area (Å²) in [5.41, 5.74) is 5.27. The zero-order valence-corrected chi connectivity index (χ0v) is 18.5. The predicted molar refractivity (Wildman–Crippen MR) is 126 cm³/mol. The number of halogens is 1. The largest absolute Gasteiger partial charge is 0.488 e. The molecule has 0 radical (unpaired) electrons. The van der Waals surface area contributed by atoms with Crippen molar-refractivity contribution in [3.05, 3.63) is 107 Å². The molecular formula is C25H23BrN2O3. The maximum absolute atomic E-state index is 12.1. The second-order valence-electron chi connectivity index (χ2n) is 6.64. The predicted octanol–water partition coefficient (Wildman–Crippen LogP) is 5.29. The summed E-state index contributed by atoms with van der Waals surface area (Å²) in [5.74, 6) is 0.986. The first-order valence-corrected chi connectivity index (χ1v) is 10.5. The topological polar surface area (TPSA) is 59.9 Å². The molecule has 0 spiro atoms. The highest BCUT2D eigenvalue weighted by molar-refractivity contribution is 9.10. The molecule has 158 valence electrons. The smallest absolute Gasteiger partial charge is 0.277 e. The highest BCUT2D eigenvalue weighted by Crippen LogP contribution is 2.20. The number of allylic oxidation sites excluding steroid dienone is 1. The molecule has 5 nitrogen and oxygen atoms in total. The lowest BCUT2D eigenvalue weighted by Crippen LogP contribution is -2.24. The molecule has 3 aromatic carbocycles. The lowest BCUT2D eigenvalue weighted by Gasteiger charge is -2.10. The number of rotatable bonds is 10. The molecule has 0 saturated heterocycles. The lowest BCUT2D eigenvalue weighted by atomic mass is 10.1. The Morgan fingerprint density at radius 1 is 1.00 bits per heavy atom. The van der Waals surface area contributed by atoms with Crippen molar-refractivity contribution in [2.75, 3.05) is 6.61 Å². The van der Waals surface area contributed by atoms with E-state index >= 15 is 0 Å². The molecule has 0 aromatic heterocycles. The number of amides is 1. The number of nitrogens with zero attached hydrogens (tertiary/aromatic N) is 1. The van der Waals surface area contributed by atoms with E-state index < -0.39 is 0 Å². The zero-order chi connectivity index (χ0) is 21.9. The molecule has 0 saturated carbocycles. The summed E-state index contributed by atoms with van der Waals surface area (Å²) in [7, 11) is 0. The van der Waals surface area contributed by atoms with Crippen LogP contribution in [0.1, 0.15) is 16.7 Å². The fourth-order valence-corrected chi connectivity index (χ4v) is 3.27. The van der Waals surface area contributed by atoms with Crippen LogP contribution < -0.4 is 14.9 Å². The summed E-state index contributed by atoms with van der Waals surface area (Å²) in [6.07, 6.45) is 4.02. The van der Waals surface area contributed by atoms with E-state index in [1.807, 2.05) is 72.8 Å². The number of hydrogen-bond donors (Lipinski definition) is 1.